The number of benzene rings is 2. The van der Waals surface area contributed by atoms with Crippen LogP contribution in [0, 0.1) is 28.8 Å². The minimum absolute atomic E-state index is 0.00201. The molecule has 34 heavy (non-hydrogen) atoms. The molecule has 3 heterocycles. The fraction of sp³-hybridized carbons (Fsp3) is 0.136. The quantitative estimate of drug-likeness (QED) is 0.391. The first kappa shape index (κ1) is 21.4. The molecule has 0 fully saturated rings. The van der Waals surface area contributed by atoms with E-state index in [9.17, 15) is 23.2 Å². The fourth-order valence-corrected chi connectivity index (χ4v) is 3.75. The van der Waals surface area contributed by atoms with Gasteiger partial charge in [-0.3, -0.25) is 9.20 Å². The normalized spacial score (nSPS) is 11.4. The maximum atomic E-state index is 14.4. The van der Waals surface area contributed by atoms with Crippen LogP contribution in [-0.2, 0) is 11.3 Å². The number of halogens is 3. The minimum Gasteiger partial charge on any atom is -0.383 e. The zero-order chi connectivity index (χ0) is 24.0. The van der Waals surface area contributed by atoms with Crippen molar-refractivity contribution >= 4 is 16.6 Å². The second kappa shape index (κ2) is 8.13. The summed E-state index contributed by atoms with van der Waals surface area (Å²) >= 11 is 0. The molecule has 170 valence electrons. The van der Waals surface area contributed by atoms with Gasteiger partial charge in [-0.25, -0.2) is 18.2 Å². The molecule has 5 aromatic rings. The van der Waals surface area contributed by atoms with Crippen molar-refractivity contribution in [3.05, 3.63) is 70.0 Å². The van der Waals surface area contributed by atoms with E-state index in [-0.39, 0.29) is 52.7 Å². The third kappa shape index (κ3) is 3.22. The average Bonchev–Trinajstić information content (AvgIpc) is 3.46. The van der Waals surface area contributed by atoms with Crippen molar-refractivity contribution in [2.24, 2.45) is 0 Å². The lowest BCUT2D eigenvalue weighted by molar-refractivity contribution is 0.187. The van der Waals surface area contributed by atoms with E-state index in [1.807, 2.05) is 0 Å². The summed E-state index contributed by atoms with van der Waals surface area (Å²) in [5.41, 5.74) is -0.554. The van der Waals surface area contributed by atoms with Crippen molar-refractivity contribution in [2.75, 3.05) is 13.7 Å². The molecule has 0 aliphatic heterocycles. The highest BCUT2D eigenvalue weighted by atomic mass is 19.1. The van der Waals surface area contributed by atoms with Crippen molar-refractivity contribution < 1.29 is 22.4 Å². The van der Waals surface area contributed by atoms with Crippen LogP contribution in [0.25, 0.3) is 39.5 Å². The number of fused-ring (bicyclic) bond motifs is 3. The molecule has 0 atom stereocenters. The summed E-state index contributed by atoms with van der Waals surface area (Å²) in [7, 11) is 1.44. The predicted molar refractivity (Wildman–Crippen MR) is 112 cm³/mol. The Morgan fingerprint density at radius 3 is 2.71 bits per heavy atom. The van der Waals surface area contributed by atoms with E-state index in [1.165, 1.54) is 28.5 Å². The van der Waals surface area contributed by atoms with Crippen molar-refractivity contribution in [3.63, 3.8) is 0 Å². The number of ether oxygens (including phenoxy) is 1. The highest BCUT2D eigenvalue weighted by molar-refractivity contribution is 5.87. The average molecular weight is 466 g/mol. The molecule has 0 aliphatic rings. The van der Waals surface area contributed by atoms with Crippen LogP contribution in [0.4, 0.5) is 13.2 Å². The van der Waals surface area contributed by atoms with Gasteiger partial charge in [0.15, 0.2) is 5.69 Å². The largest absolute Gasteiger partial charge is 0.383 e. The SMILES string of the molecule is COCCn1c(=O)c2c(-c3nc(-c4ccc(F)cc4F)no3)ncn2c2ccc(F)c(C#N)c21. The lowest BCUT2D eigenvalue weighted by Crippen LogP contribution is -2.25. The van der Waals surface area contributed by atoms with Gasteiger partial charge < -0.3 is 13.8 Å². The van der Waals surface area contributed by atoms with Gasteiger partial charge in [-0.15, -0.1) is 0 Å². The van der Waals surface area contributed by atoms with Gasteiger partial charge >= 0.3 is 0 Å². The first-order chi connectivity index (χ1) is 16.4. The van der Waals surface area contributed by atoms with Crippen LogP contribution in [0.5, 0.6) is 0 Å². The van der Waals surface area contributed by atoms with E-state index in [4.69, 9.17) is 9.26 Å². The lowest BCUT2D eigenvalue weighted by atomic mass is 10.1. The van der Waals surface area contributed by atoms with E-state index < -0.39 is 23.0 Å². The van der Waals surface area contributed by atoms with Gasteiger partial charge in [-0.2, -0.15) is 10.2 Å². The van der Waals surface area contributed by atoms with Gasteiger partial charge in [0.05, 0.1) is 23.2 Å². The summed E-state index contributed by atoms with van der Waals surface area (Å²) in [5.74, 6) is -2.77. The number of rotatable bonds is 5. The summed E-state index contributed by atoms with van der Waals surface area (Å²) in [5, 5.41) is 13.2. The molecule has 2 aromatic carbocycles. The molecule has 3 aromatic heterocycles. The Bertz CT molecular complexity index is 1680. The van der Waals surface area contributed by atoms with Crippen LogP contribution in [0.1, 0.15) is 5.56 Å². The topological polar surface area (TPSA) is 111 Å². The molecule has 0 unspecified atom stereocenters. The fourth-order valence-electron chi connectivity index (χ4n) is 3.75. The zero-order valence-corrected chi connectivity index (χ0v) is 17.4. The molecule has 5 rings (SSSR count). The Kier molecular flexibility index (Phi) is 5.10. The maximum absolute atomic E-state index is 14.4. The number of nitriles is 1. The molecule has 9 nitrogen and oxygen atoms in total. The molecule has 0 N–H and O–H groups in total. The van der Waals surface area contributed by atoms with Gasteiger partial charge in [-0.05, 0) is 24.3 Å². The summed E-state index contributed by atoms with van der Waals surface area (Å²) in [6.07, 6.45) is 1.30. The predicted octanol–water partition coefficient (Wildman–Crippen LogP) is 3.30. The van der Waals surface area contributed by atoms with Crippen LogP contribution in [0.2, 0.25) is 0 Å². The molecule has 0 bridgehead atoms. The molecule has 0 amide bonds. The molecule has 0 radical (unpaired) electrons. The van der Waals surface area contributed by atoms with E-state index in [1.54, 1.807) is 6.07 Å². The zero-order valence-electron chi connectivity index (χ0n) is 17.4. The summed E-state index contributed by atoms with van der Waals surface area (Å²) in [6.45, 7) is 0.144. The van der Waals surface area contributed by atoms with E-state index >= 15 is 0 Å². The van der Waals surface area contributed by atoms with Gasteiger partial charge in [0.1, 0.15) is 40.9 Å². The lowest BCUT2D eigenvalue weighted by Gasteiger charge is -2.13. The Morgan fingerprint density at radius 2 is 1.97 bits per heavy atom. The Balaban J connectivity index is 1.77. The van der Waals surface area contributed by atoms with E-state index in [0.29, 0.717) is 11.6 Å². The van der Waals surface area contributed by atoms with Crippen LogP contribution in [0.15, 0.2) is 46.0 Å². The summed E-state index contributed by atoms with van der Waals surface area (Å²) in [6, 6.07) is 7.23. The van der Waals surface area contributed by atoms with E-state index in [2.05, 4.69) is 15.1 Å². The molecule has 0 spiro atoms. The number of aromatic nitrogens is 5. The summed E-state index contributed by atoms with van der Waals surface area (Å²) in [4.78, 5) is 21.8. The maximum Gasteiger partial charge on any atom is 0.279 e. The molecular formula is C22H13F3N6O3. The molecule has 0 saturated heterocycles. The van der Waals surface area contributed by atoms with Crippen molar-refractivity contribution in [3.8, 4) is 29.0 Å². The Labute approximate surface area is 188 Å². The van der Waals surface area contributed by atoms with Crippen molar-refractivity contribution in [1.82, 2.24) is 24.1 Å². The monoisotopic (exact) mass is 466 g/mol. The third-order valence-electron chi connectivity index (χ3n) is 5.28. The number of imidazole rings is 1. The Hall–Kier alpha value is -4.50. The smallest absolute Gasteiger partial charge is 0.279 e. The molecule has 12 heteroatoms. The molecule has 0 saturated carbocycles. The molecule has 0 aliphatic carbocycles. The number of hydrogen-bond donors (Lipinski definition) is 0. The molecular weight excluding hydrogens is 453 g/mol. The standard InChI is InChI=1S/C22H13F3N6O3/c1-33-7-6-30-18-13(9-26)14(24)4-5-16(18)31-10-27-17(19(31)22(30)32)21-28-20(29-34-21)12-3-2-11(23)8-15(12)25/h2-5,8,10H,6-7H2,1H3. The van der Waals surface area contributed by atoms with Gasteiger partial charge in [0.25, 0.3) is 11.4 Å². The Morgan fingerprint density at radius 1 is 1.15 bits per heavy atom. The minimum atomic E-state index is -0.888. The van der Waals surface area contributed by atoms with Crippen LogP contribution >= 0.6 is 0 Å². The first-order valence-corrected chi connectivity index (χ1v) is 9.85. The van der Waals surface area contributed by atoms with Crippen molar-refractivity contribution in [1.29, 1.82) is 5.26 Å². The van der Waals surface area contributed by atoms with Crippen LogP contribution < -0.4 is 5.56 Å². The summed E-state index contributed by atoms with van der Waals surface area (Å²) < 4.78 is 54.7. The van der Waals surface area contributed by atoms with Crippen LogP contribution in [-0.4, -0.2) is 37.8 Å². The number of hydrogen-bond acceptors (Lipinski definition) is 7. The van der Waals surface area contributed by atoms with Gasteiger partial charge in [-0.1, -0.05) is 5.16 Å². The van der Waals surface area contributed by atoms with Crippen molar-refractivity contribution in [2.45, 2.75) is 6.54 Å². The van der Waals surface area contributed by atoms with Gasteiger partial charge in [0.2, 0.25) is 5.82 Å². The second-order valence-electron chi connectivity index (χ2n) is 7.21. The third-order valence-corrected chi connectivity index (χ3v) is 5.28. The highest BCUT2D eigenvalue weighted by Gasteiger charge is 2.24. The highest BCUT2D eigenvalue weighted by Crippen LogP contribution is 2.28. The first-order valence-electron chi connectivity index (χ1n) is 9.85. The second-order valence-corrected chi connectivity index (χ2v) is 7.21. The number of nitrogens with zero attached hydrogens (tertiary/aromatic N) is 6. The van der Waals surface area contributed by atoms with Gasteiger partial charge in [0, 0.05) is 19.7 Å². The number of methoxy groups -OCH3 is 1. The van der Waals surface area contributed by atoms with Crippen LogP contribution in [0.3, 0.4) is 0 Å². The van der Waals surface area contributed by atoms with E-state index in [0.717, 1.165) is 18.2 Å².